The van der Waals surface area contributed by atoms with Crippen LogP contribution in [0.2, 0.25) is 5.02 Å². The Kier molecular flexibility index (Phi) is 6.11. The van der Waals surface area contributed by atoms with E-state index in [1.54, 1.807) is 12.3 Å². The standard InChI is InChI=1S/C22H18ClFN6O3S2/c1-33-21-18(8-13(23)11-26-21)35(31,32)29-14-3-4-17(24)15(9-14)16-7-12-10-27-22(34-2)28-19(12)30-6-5-25-20(16)30/h3-4,7-11,29H,5-6H2,1-2H3. The largest absolute Gasteiger partial charge is 0.480 e. The molecule has 1 N–H and O–H groups in total. The topological polar surface area (TPSA) is 110 Å². The molecule has 0 aliphatic carbocycles. The number of benzene rings is 1. The minimum Gasteiger partial charge on any atom is -0.480 e. The predicted molar refractivity (Wildman–Crippen MR) is 134 cm³/mol. The summed E-state index contributed by atoms with van der Waals surface area (Å²) in [5.74, 6) is 0.641. The van der Waals surface area contributed by atoms with E-state index in [1.165, 1.54) is 49.3 Å². The lowest BCUT2D eigenvalue weighted by Crippen LogP contribution is -2.32. The summed E-state index contributed by atoms with van der Waals surface area (Å²) in [4.78, 5) is 19.1. The Balaban J connectivity index is 1.56. The number of aliphatic imine (C=N–C) groups is 1. The van der Waals surface area contributed by atoms with E-state index < -0.39 is 15.8 Å². The third-order valence-corrected chi connectivity index (χ3v) is 7.51. The molecule has 0 saturated heterocycles. The van der Waals surface area contributed by atoms with Crippen molar-refractivity contribution >= 4 is 62.4 Å². The Hall–Kier alpha value is -3.22. The van der Waals surface area contributed by atoms with Gasteiger partial charge < -0.3 is 9.64 Å². The van der Waals surface area contributed by atoms with Gasteiger partial charge >= 0.3 is 0 Å². The number of methoxy groups -OCH3 is 1. The van der Waals surface area contributed by atoms with E-state index in [2.05, 4.69) is 24.7 Å². The van der Waals surface area contributed by atoms with E-state index >= 15 is 4.39 Å². The van der Waals surface area contributed by atoms with E-state index in [-0.39, 0.29) is 27.0 Å². The van der Waals surface area contributed by atoms with Gasteiger partial charge in [0.15, 0.2) is 10.1 Å². The van der Waals surface area contributed by atoms with Gasteiger partial charge in [0.2, 0.25) is 5.88 Å². The fraction of sp³-hybridized carbons (Fsp3) is 0.182. The highest BCUT2D eigenvalue weighted by molar-refractivity contribution is 7.98. The second-order valence-corrected chi connectivity index (χ2v) is 10.4. The molecule has 0 bridgehead atoms. The number of rotatable bonds is 6. The zero-order valence-corrected chi connectivity index (χ0v) is 20.9. The van der Waals surface area contributed by atoms with Crippen molar-refractivity contribution in [3.63, 3.8) is 0 Å². The van der Waals surface area contributed by atoms with Gasteiger partial charge in [-0.3, -0.25) is 9.71 Å². The molecule has 0 saturated carbocycles. The molecule has 9 nitrogen and oxygen atoms in total. The van der Waals surface area contributed by atoms with Gasteiger partial charge in [-0.2, -0.15) is 0 Å². The van der Waals surface area contributed by atoms with Gasteiger partial charge in [-0.25, -0.2) is 27.8 Å². The summed E-state index contributed by atoms with van der Waals surface area (Å²) in [5, 5.41) is 0.753. The molecular formula is C22H18ClFN6O3S2. The van der Waals surface area contributed by atoms with Crippen molar-refractivity contribution in [3.05, 3.63) is 58.6 Å². The van der Waals surface area contributed by atoms with Gasteiger partial charge in [0, 0.05) is 41.3 Å². The molecule has 0 unspecified atom stereocenters. The summed E-state index contributed by atoms with van der Waals surface area (Å²) in [5.41, 5.74) is 1.57. The van der Waals surface area contributed by atoms with Crippen molar-refractivity contribution in [1.29, 1.82) is 0 Å². The molecule has 4 heterocycles. The quantitative estimate of drug-likeness (QED) is 0.375. The molecule has 0 radical (unpaired) electrons. The third-order valence-electron chi connectivity index (χ3n) is 5.37. The summed E-state index contributed by atoms with van der Waals surface area (Å²) in [6.07, 6.45) is 6.62. The number of fused-ring (bicyclic) bond motifs is 3. The summed E-state index contributed by atoms with van der Waals surface area (Å²) in [6, 6.07) is 5.18. The highest BCUT2D eigenvalue weighted by Gasteiger charge is 2.32. The van der Waals surface area contributed by atoms with E-state index in [0.29, 0.717) is 35.5 Å². The summed E-state index contributed by atoms with van der Waals surface area (Å²) < 4.78 is 48.7. The molecule has 5 rings (SSSR count). The Morgan fingerprint density at radius 3 is 2.83 bits per heavy atom. The zero-order valence-electron chi connectivity index (χ0n) is 18.5. The maximum absolute atomic E-state index is 15.1. The number of hydrogen-bond donors (Lipinski definition) is 1. The third kappa shape index (κ3) is 4.32. The first-order valence-electron chi connectivity index (χ1n) is 10.3. The average molecular weight is 533 g/mol. The molecule has 0 spiro atoms. The molecule has 0 amide bonds. The van der Waals surface area contributed by atoms with Crippen LogP contribution in [0.1, 0.15) is 11.1 Å². The molecule has 2 aromatic heterocycles. The number of pyridine rings is 1. The zero-order chi connectivity index (χ0) is 24.7. The highest BCUT2D eigenvalue weighted by Crippen LogP contribution is 2.37. The van der Waals surface area contributed by atoms with E-state index in [1.807, 2.05) is 11.2 Å². The van der Waals surface area contributed by atoms with E-state index in [9.17, 15) is 8.42 Å². The number of ether oxygens (including phenoxy) is 1. The molecule has 0 atom stereocenters. The Morgan fingerprint density at radius 1 is 1.23 bits per heavy atom. The summed E-state index contributed by atoms with van der Waals surface area (Å²) in [7, 11) is -2.84. The molecule has 0 fully saturated rings. The maximum atomic E-state index is 15.1. The van der Waals surface area contributed by atoms with Crippen molar-refractivity contribution in [3.8, 4) is 5.88 Å². The van der Waals surface area contributed by atoms with Crippen LogP contribution >= 0.6 is 23.4 Å². The SMILES string of the molecule is COc1ncc(Cl)cc1S(=O)(=O)Nc1ccc(F)c(C2=Cc3cnc(SC)nc3N3CCN=C23)c1. The van der Waals surface area contributed by atoms with Crippen LogP contribution in [-0.2, 0) is 10.0 Å². The van der Waals surface area contributed by atoms with Crippen molar-refractivity contribution in [2.45, 2.75) is 10.1 Å². The number of halogens is 2. The number of sulfonamides is 1. The molecule has 13 heteroatoms. The maximum Gasteiger partial charge on any atom is 0.267 e. The predicted octanol–water partition coefficient (Wildman–Crippen LogP) is 3.97. The number of anilines is 2. The first-order valence-corrected chi connectivity index (χ1v) is 13.4. The van der Waals surface area contributed by atoms with Crippen LogP contribution in [0.3, 0.4) is 0 Å². The van der Waals surface area contributed by atoms with Gasteiger partial charge in [-0.05, 0) is 36.6 Å². The smallest absolute Gasteiger partial charge is 0.267 e. The average Bonchev–Trinajstić information content (AvgIpc) is 3.35. The second-order valence-electron chi connectivity index (χ2n) is 7.51. The lowest BCUT2D eigenvalue weighted by atomic mass is 9.98. The summed E-state index contributed by atoms with van der Waals surface area (Å²) >= 11 is 7.37. The second kappa shape index (κ2) is 9.10. The van der Waals surface area contributed by atoms with E-state index in [0.717, 1.165) is 5.56 Å². The molecule has 1 aromatic carbocycles. The van der Waals surface area contributed by atoms with Crippen molar-refractivity contribution in [1.82, 2.24) is 15.0 Å². The van der Waals surface area contributed by atoms with Crippen LogP contribution in [0.15, 0.2) is 51.7 Å². The van der Waals surface area contributed by atoms with Crippen LogP contribution in [0.5, 0.6) is 5.88 Å². The molecule has 2 aliphatic heterocycles. The monoisotopic (exact) mass is 532 g/mol. The molecule has 2 aliphatic rings. The highest BCUT2D eigenvalue weighted by atomic mass is 35.5. The molecular weight excluding hydrogens is 515 g/mol. The van der Waals surface area contributed by atoms with Gasteiger partial charge in [0.05, 0.1) is 18.7 Å². The number of amidine groups is 1. The van der Waals surface area contributed by atoms with Crippen molar-refractivity contribution in [2.24, 2.45) is 4.99 Å². The molecule has 180 valence electrons. The van der Waals surface area contributed by atoms with Crippen LogP contribution in [0, 0.1) is 5.82 Å². The van der Waals surface area contributed by atoms with Gasteiger partial charge in [0.25, 0.3) is 10.0 Å². The van der Waals surface area contributed by atoms with Gasteiger partial charge in [-0.1, -0.05) is 23.4 Å². The van der Waals surface area contributed by atoms with Crippen LogP contribution in [0.4, 0.5) is 15.9 Å². The van der Waals surface area contributed by atoms with Gasteiger partial charge in [-0.15, -0.1) is 0 Å². The number of nitrogens with one attached hydrogen (secondary N) is 1. The first-order chi connectivity index (χ1) is 16.8. The molecule has 35 heavy (non-hydrogen) atoms. The minimum absolute atomic E-state index is 0.114. The van der Waals surface area contributed by atoms with E-state index in [4.69, 9.17) is 16.3 Å². The number of nitrogens with zero attached hydrogens (tertiary/aromatic N) is 5. The fourth-order valence-electron chi connectivity index (χ4n) is 3.84. The lowest BCUT2D eigenvalue weighted by Gasteiger charge is -2.27. The van der Waals surface area contributed by atoms with Crippen LogP contribution in [0.25, 0.3) is 11.6 Å². The minimum atomic E-state index is -4.14. The molecule has 3 aromatic rings. The van der Waals surface area contributed by atoms with Gasteiger partial charge in [0.1, 0.15) is 17.5 Å². The Labute approximate surface area is 210 Å². The van der Waals surface area contributed by atoms with Crippen LogP contribution in [-0.4, -0.2) is 55.7 Å². The summed E-state index contributed by atoms with van der Waals surface area (Å²) in [6.45, 7) is 1.13. The lowest BCUT2D eigenvalue weighted by molar-refractivity contribution is 0.385. The normalized spacial score (nSPS) is 14.7. The Morgan fingerprint density at radius 2 is 2.06 bits per heavy atom. The number of aromatic nitrogens is 3. The Bertz CT molecular complexity index is 1510. The fourth-order valence-corrected chi connectivity index (χ4v) is 5.60. The first kappa shape index (κ1) is 23.5. The number of hydrogen-bond acceptors (Lipinski definition) is 9. The van der Waals surface area contributed by atoms with Crippen molar-refractivity contribution < 1.29 is 17.5 Å². The number of thioether (sulfide) groups is 1. The van der Waals surface area contributed by atoms with Crippen LogP contribution < -0.4 is 14.4 Å². The van der Waals surface area contributed by atoms with Crippen molar-refractivity contribution in [2.75, 3.05) is 36.1 Å².